The Morgan fingerprint density at radius 2 is 2.33 bits per heavy atom. The lowest BCUT2D eigenvalue weighted by Crippen LogP contribution is -1.98. The first kappa shape index (κ1) is 9.44. The first-order valence-electron chi connectivity index (χ1n) is 3.36. The summed E-state index contributed by atoms with van der Waals surface area (Å²) in [6.07, 6.45) is 5.09. The summed E-state index contributed by atoms with van der Waals surface area (Å²) in [6.45, 7) is 0.487. The highest BCUT2D eigenvalue weighted by Crippen LogP contribution is 2.25. The zero-order valence-corrected chi connectivity index (χ0v) is 8.61. The van der Waals surface area contributed by atoms with Crippen molar-refractivity contribution >= 4 is 33.2 Å². The van der Waals surface area contributed by atoms with Gasteiger partial charge in [0.25, 0.3) is 0 Å². The fourth-order valence-corrected chi connectivity index (χ4v) is 1.52. The summed E-state index contributed by atoms with van der Waals surface area (Å²) in [5, 5.41) is 3.67. The molecule has 62 valence electrons. The maximum absolute atomic E-state index is 5.90. The summed E-state index contributed by atoms with van der Waals surface area (Å²) in [5.74, 6) is 2.48. The highest BCUT2D eigenvalue weighted by molar-refractivity contribution is 9.10. The number of anilines is 1. The summed E-state index contributed by atoms with van der Waals surface area (Å²) in [6, 6.07) is 5.61. The maximum Gasteiger partial charge on any atom is 0.0763 e. The molecule has 1 aromatic carbocycles. The molecule has 0 aliphatic heterocycles. The summed E-state index contributed by atoms with van der Waals surface area (Å²) < 4.78 is 0.957. The molecule has 0 saturated carbocycles. The summed E-state index contributed by atoms with van der Waals surface area (Å²) >= 11 is 9.22. The largest absolute Gasteiger partial charge is 0.373 e. The molecule has 0 unspecified atom stereocenters. The van der Waals surface area contributed by atoms with Crippen LogP contribution in [-0.4, -0.2) is 6.54 Å². The van der Waals surface area contributed by atoms with E-state index >= 15 is 0 Å². The summed E-state index contributed by atoms with van der Waals surface area (Å²) in [5.41, 5.74) is 0.859. The Morgan fingerprint density at radius 3 is 2.92 bits per heavy atom. The minimum Gasteiger partial charge on any atom is -0.373 e. The SMILES string of the molecule is C#CCNc1ccc(Br)cc1Cl. The summed E-state index contributed by atoms with van der Waals surface area (Å²) in [4.78, 5) is 0. The molecular formula is C9H7BrClN. The first-order chi connectivity index (χ1) is 5.74. The molecule has 0 amide bonds. The Morgan fingerprint density at radius 1 is 1.58 bits per heavy atom. The number of nitrogens with one attached hydrogen (secondary N) is 1. The standard InChI is InChI=1S/C9H7BrClN/c1-2-5-12-9-4-3-7(10)6-8(9)11/h1,3-4,6,12H,5H2. The maximum atomic E-state index is 5.90. The van der Waals surface area contributed by atoms with Crippen molar-refractivity contribution in [1.29, 1.82) is 0 Å². The molecule has 0 aliphatic rings. The zero-order valence-electron chi connectivity index (χ0n) is 6.27. The summed E-state index contributed by atoms with van der Waals surface area (Å²) in [7, 11) is 0. The Hall–Kier alpha value is -0.650. The van der Waals surface area contributed by atoms with Crippen molar-refractivity contribution in [3.05, 3.63) is 27.7 Å². The normalized spacial score (nSPS) is 9.08. The van der Waals surface area contributed by atoms with Crippen LogP contribution in [0.3, 0.4) is 0 Å². The topological polar surface area (TPSA) is 12.0 Å². The van der Waals surface area contributed by atoms with Gasteiger partial charge in [0.05, 0.1) is 17.3 Å². The van der Waals surface area contributed by atoms with Crippen LogP contribution in [0.5, 0.6) is 0 Å². The lowest BCUT2D eigenvalue weighted by atomic mass is 10.3. The van der Waals surface area contributed by atoms with E-state index in [1.54, 1.807) is 0 Å². The third-order valence-corrected chi connectivity index (χ3v) is 2.12. The van der Waals surface area contributed by atoms with Crippen molar-refractivity contribution in [3.8, 4) is 12.3 Å². The number of hydrogen-bond donors (Lipinski definition) is 1. The number of hydrogen-bond acceptors (Lipinski definition) is 1. The van der Waals surface area contributed by atoms with Gasteiger partial charge in [0.1, 0.15) is 0 Å². The van der Waals surface area contributed by atoms with E-state index in [0.717, 1.165) is 10.2 Å². The molecule has 3 heteroatoms. The van der Waals surface area contributed by atoms with E-state index in [0.29, 0.717) is 11.6 Å². The molecule has 1 aromatic rings. The fraction of sp³-hybridized carbons (Fsp3) is 0.111. The van der Waals surface area contributed by atoms with Crippen molar-refractivity contribution < 1.29 is 0 Å². The van der Waals surface area contributed by atoms with Gasteiger partial charge < -0.3 is 5.32 Å². The Bertz CT molecular complexity index is 317. The van der Waals surface area contributed by atoms with Crippen LogP contribution in [-0.2, 0) is 0 Å². The molecule has 12 heavy (non-hydrogen) atoms. The molecule has 1 N–H and O–H groups in total. The van der Waals surface area contributed by atoms with Crippen molar-refractivity contribution in [2.45, 2.75) is 0 Å². The Labute approximate surface area is 85.2 Å². The van der Waals surface area contributed by atoms with Gasteiger partial charge in [0.15, 0.2) is 0 Å². The van der Waals surface area contributed by atoms with Crippen LogP contribution in [0.15, 0.2) is 22.7 Å². The molecule has 0 bridgehead atoms. The van der Waals surface area contributed by atoms with E-state index in [2.05, 4.69) is 27.2 Å². The molecule has 0 saturated heterocycles. The third-order valence-electron chi connectivity index (χ3n) is 1.31. The average Bonchev–Trinajstić information content (AvgIpc) is 2.03. The van der Waals surface area contributed by atoms with Crippen LogP contribution in [0.25, 0.3) is 0 Å². The van der Waals surface area contributed by atoms with E-state index in [1.807, 2.05) is 18.2 Å². The van der Waals surface area contributed by atoms with Crippen LogP contribution < -0.4 is 5.32 Å². The van der Waals surface area contributed by atoms with Gasteiger partial charge in [-0.1, -0.05) is 33.5 Å². The smallest absolute Gasteiger partial charge is 0.0763 e. The van der Waals surface area contributed by atoms with E-state index in [-0.39, 0.29) is 0 Å². The van der Waals surface area contributed by atoms with Crippen LogP contribution >= 0.6 is 27.5 Å². The second-order valence-electron chi connectivity index (χ2n) is 2.18. The second kappa shape index (κ2) is 4.39. The van der Waals surface area contributed by atoms with E-state index < -0.39 is 0 Å². The number of terminal acetylenes is 1. The highest BCUT2D eigenvalue weighted by atomic mass is 79.9. The lowest BCUT2D eigenvalue weighted by Gasteiger charge is -2.04. The van der Waals surface area contributed by atoms with Crippen LogP contribution in [0.2, 0.25) is 5.02 Å². The molecule has 1 nitrogen and oxygen atoms in total. The Balaban J connectivity index is 2.81. The average molecular weight is 245 g/mol. The van der Waals surface area contributed by atoms with E-state index in [9.17, 15) is 0 Å². The van der Waals surface area contributed by atoms with E-state index in [1.165, 1.54) is 0 Å². The molecular weight excluding hydrogens is 237 g/mol. The minimum absolute atomic E-state index is 0.487. The molecule has 0 radical (unpaired) electrons. The van der Waals surface area contributed by atoms with Gasteiger partial charge in [-0.15, -0.1) is 6.42 Å². The zero-order chi connectivity index (χ0) is 8.97. The minimum atomic E-state index is 0.487. The Kier molecular flexibility index (Phi) is 3.46. The molecule has 0 spiro atoms. The van der Waals surface area contributed by atoms with Gasteiger partial charge in [0.2, 0.25) is 0 Å². The van der Waals surface area contributed by atoms with Gasteiger partial charge in [-0.25, -0.2) is 0 Å². The van der Waals surface area contributed by atoms with Crippen molar-refractivity contribution in [2.24, 2.45) is 0 Å². The number of halogens is 2. The van der Waals surface area contributed by atoms with Gasteiger partial charge in [-0.3, -0.25) is 0 Å². The molecule has 0 heterocycles. The van der Waals surface area contributed by atoms with Crippen LogP contribution in [0.4, 0.5) is 5.69 Å². The van der Waals surface area contributed by atoms with Crippen molar-refractivity contribution in [2.75, 3.05) is 11.9 Å². The van der Waals surface area contributed by atoms with Crippen molar-refractivity contribution in [1.82, 2.24) is 0 Å². The molecule has 0 atom stereocenters. The quantitative estimate of drug-likeness (QED) is 0.788. The predicted molar refractivity (Wildman–Crippen MR) is 56.5 cm³/mol. The van der Waals surface area contributed by atoms with Gasteiger partial charge in [-0.05, 0) is 18.2 Å². The second-order valence-corrected chi connectivity index (χ2v) is 3.50. The van der Waals surface area contributed by atoms with E-state index in [4.69, 9.17) is 18.0 Å². The highest BCUT2D eigenvalue weighted by Gasteiger charge is 1.97. The molecule has 0 aromatic heterocycles. The van der Waals surface area contributed by atoms with Gasteiger partial charge >= 0.3 is 0 Å². The van der Waals surface area contributed by atoms with Crippen molar-refractivity contribution in [3.63, 3.8) is 0 Å². The van der Waals surface area contributed by atoms with Crippen LogP contribution in [0.1, 0.15) is 0 Å². The third kappa shape index (κ3) is 2.44. The predicted octanol–water partition coefficient (Wildman–Crippen LogP) is 3.15. The molecule has 1 rings (SSSR count). The number of rotatable bonds is 2. The lowest BCUT2D eigenvalue weighted by molar-refractivity contribution is 1.38. The number of benzene rings is 1. The first-order valence-corrected chi connectivity index (χ1v) is 4.53. The fourth-order valence-electron chi connectivity index (χ4n) is 0.779. The van der Waals surface area contributed by atoms with Crippen LogP contribution in [0, 0.1) is 12.3 Å². The van der Waals surface area contributed by atoms with Gasteiger partial charge in [0, 0.05) is 4.47 Å². The molecule has 0 fully saturated rings. The van der Waals surface area contributed by atoms with Gasteiger partial charge in [-0.2, -0.15) is 0 Å². The monoisotopic (exact) mass is 243 g/mol. The molecule has 0 aliphatic carbocycles.